The molecular formula is C15H23NO. The van der Waals surface area contributed by atoms with Gasteiger partial charge in [0, 0.05) is 19.2 Å². The predicted octanol–water partition coefficient (Wildman–Crippen LogP) is 3.21. The molecule has 1 N–H and O–H groups in total. The van der Waals surface area contributed by atoms with E-state index in [-0.39, 0.29) is 0 Å². The zero-order chi connectivity index (χ0) is 12.3. The zero-order valence-corrected chi connectivity index (χ0v) is 11.1. The molecule has 1 aliphatic rings. The summed E-state index contributed by atoms with van der Waals surface area (Å²) in [6.45, 7) is 4.42. The Kier molecular flexibility index (Phi) is 4.19. The molecule has 1 aliphatic carbocycles. The fourth-order valence-corrected chi connectivity index (χ4v) is 2.88. The second kappa shape index (κ2) is 5.65. The molecule has 0 bridgehead atoms. The van der Waals surface area contributed by atoms with Gasteiger partial charge in [-0.15, -0.1) is 0 Å². The average molecular weight is 233 g/mol. The van der Waals surface area contributed by atoms with Crippen molar-refractivity contribution in [1.29, 1.82) is 0 Å². The zero-order valence-electron chi connectivity index (χ0n) is 11.1. The highest BCUT2D eigenvalue weighted by atomic mass is 16.5. The molecule has 0 amide bonds. The van der Waals surface area contributed by atoms with E-state index >= 15 is 0 Å². The lowest BCUT2D eigenvalue weighted by Gasteiger charge is -2.25. The maximum Gasteiger partial charge on any atom is 0.0724 e. The maximum atomic E-state index is 5.53. The third kappa shape index (κ3) is 2.88. The monoisotopic (exact) mass is 233 g/mol. The first-order chi connectivity index (χ1) is 8.22. The molecule has 0 aliphatic heterocycles. The summed E-state index contributed by atoms with van der Waals surface area (Å²) in [6, 6.07) is 9.51. The van der Waals surface area contributed by atoms with Crippen LogP contribution >= 0.6 is 0 Å². The number of rotatable bonds is 4. The van der Waals surface area contributed by atoms with Crippen LogP contribution < -0.4 is 5.32 Å². The molecule has 94 valence electrons. The summed E-state index contributed by atoms with van der Waals surface area (Å²) in [5, 5.41) is 3.71. The van der Waals surface area contributed by atoms with E-state index in [1.807, 2.05) is 7.11 Å². The first-order valence-corrected chi connectivity index (χ1v) is 6.56. The molecule has 0 heterocycles. The third-order valence-corrected chi connectivity index (χ3v) is 3.87. The lowest BCUT2D eigenvalue weighted by Crippen LogP contribution is -2.38. The molecule has 1 aromatic rings. The van der Waals surface area contributed by atoms with Crippen molar-refractivity contribution in [1.82, 2.24) is 5.32 Å². The van der Waals surface area contributed by atoms with Crippen LogP contribution in [-0.4, -0.2) is 19.3 Å². The van der Waals surface area contributed by atoms with Gasteiger partial charge in [0.1, 0.15) is 0 Å². The lowest BCUT2D eigenvalue weighted by molar-refractivity contribution is 0.0819. The quantitative estimate of drug-likeness (QED) is 0.862. The average Bonchev–Trinajstić information content (AvgIpc) is 2.76. The van der Waals surface area contributed by atoms with Crippen LogP contribution in [0.25, 0.3) is 0 Å². The van der Waals surface area contributed by atoms with E-state index in [2.05, 4.69) is 43.4 Å². The smallest absolute Gasteiger partial charge is 0.0724 e. The van der Waals surface area contributed by atoms with Gasteiger partial charge in [-0.3, -0.25) is 0 Å². The Labute approximate surface area is 104 Å². The molecule has 3 unspecified atom stereocenters. The number of hydrogen-bond acceptors (Lipinski definition) is 2. The van der Waals surface area contributed by atoms with Crippen LogP contribution in [-0.2, 0) is 4.74 Å². The summed E-state index contributed by atoms with van der Waals surface area (Å²) in [7, 11) is 1.82. The van der Waals surface area contributed by atoms with Gasteiger partial charge in [0.05, 0.1) is 6.10 Å². The maximum absolute atomic E-state index is 5.53. The number of aryl methyl sites for hydroxylation is 1. The Balaban J connectivity index is 2.01. The molecule has 2 rings (SSSR count). The largest absolute Gasteiger partial charge is 0.380 e. The van der Waals surface area contributed by atoms with Crippen LogP contribution in [0.1, 0.15) is 43.4 Å². The normalized spacial score (nSPS) is 26.1. The summed E-state index contributed by atoms with van der Waals surface area (Å²) in [5.41, 5.74) is 2.76. The van der Waals surface area contributed by atoms with Gasteiger partial charge in [0.25, 0.3) is 0 Å². The lowest BCUT2D eigenvalue weighted by atomic mass is 10.0. The number of methoxy groups -OCH3 is 1. The van der Waals surface area contributed by atoms with E-state index in [0.29, 0.717) is 18.2 Å². The van der Waals surface area contributed by atoms with Crippen molar-refractivity contribution >= 4 is 0 Å². The molecule has 0 spiro atoms. The van der Waals surface area contributed by atoms with Crippen LogP contribution in [0.15, 0.2) is 24.3 Å². The second-order valence-electron chi connectivity index (χ2n) is 5.06. The molecule has 2 heteroatoms. The minimum absolute atomic E-state index is 0.390. The van der Waals surface area contributed by atoms with Crippen LogP contribution in [0.3, 0.4) is 0 Å². The van der Waals surface area contributed by atoms with Crippen molar-refractivity contribution in [3.63, 3.8) is 0 Å². The van der Waals surface area contributed by atoms with E-state index < -0.39 is 0 Å². The van der Waals surface area contributed by atoms with Gasteiger partial charge in [0.15, 0.2) is 0 Å². The SMILES string of the molecule is COC1CCCC1NC(C)c1ccccc1C. The minimum Gasteiger partial charge on any atom is -0.380 e. The van der Waals surface area contributed by atoms with Gasteiger partial charge < -0.3 is 10.1 Å². The Bertz CT molecular complexity index is 364. The van der Waals surface area contributed by atoms with Gasteiger partial charge in [0.2, 0.25) is 0 Å². The molecule has 1 aromatic carbocycles. The molecule has 17 heavy (non-hydrogen) atoms. The Morgan fingerprint density at radius 2 is 2.06 bits per heavy atom. The Morgan fingerprint density at radius 3 is 2.76 bits per heavy atom. The summed E-state index contributed by atoms with van der Waals surface area (Å²) in [6.07, 6.45) is 4.08. The van der Waals surface area contributed by atoms with E-state index in [4.69, 9.17) is 4.74 Å². The first kappa shape index (κ1) is 12.6. The van der Waals surface area contributed by atoms with Crippen molar-refractivity contribution < 1.29 is 4.74 Å². The van der Waals surface area contributed by atoms with E-state index in [1.54, 1.807) is 0 Å². The second-order valence-corrected chi connectivity index (χ2v) is 5.06. The van der Waals surface area contributed by atoms with Crippen molar-refractivity contribution in [2.45, 2.75) is 51.3 Å². The van der Waals surface area contributed by atoms with Gasteiger partial charge >= 0.3 is 0 Å². The summed E-state index contributed by atoms with van der Waals surface area (Å²) in [4.78, 5) is 0. The highest BCUT2D eigenvalue weighted by molar-refractivity contribution is 5.28. The van der Waals surface area contributed by atoms with Crippen molar-refractivity contribution in [3.8, 4) is 0 Å². The molecule has 0 radical (unpaired) electrons. The summed E-state index contributed by atoms with van der Waals surface area (Å²) >= 11 is 0. The Hall–Kier alpha value is -0.860. The first-order valence-electron chi connectivity index (χ1n) is 6.56. The number of ether oxygens (including phenoxy) is 1. The molecule has 1 fully saturated rings. The molecule has 0 aromatic heterocycles. The van der Waals surface area contributed by atoms with Gasteiger partial charge in [-0.1, -0.05) is 24.3 Å². The highest BCUT2D eigenvalue weighted by Crippen LogP contribution is 2.25. The van der Waals surface area contributed by atoms with Crippen molar-refractivity contribution in [2.75, 3.05) is 7.11 Å². The van der Waals surface area contributed by atoms with Crippen LogP contribution in [0.5, 0.6) is 0 Å². The molecule has 0 saturated heterocycles. The molecular weight excluding hydrogens is 210 g/mol. The molecule has 3 atom stereocenters. The number of hydrogen-bond donors (Lipinski definition) is 1. The van der Waals surface area contributed by atoms with Crippen LogP contribution in [0.2, 0.25) is 0 Å². The topological polar surface area (TPSA) is 21.3 Å². The van der Waals surface area contributed by atoms with Gasteiger partial charge in [-0.2, -0.15) is 0 Å². The van der Waals surface area contributed by atoms with E-state index in [9.17, 15) is 0 Å². The minimum atomic E-state index is 0.390. The summed E-state index contributed by atoms with van der Waals surface area (Å²) < 4.78 is 5.53. The van der Waals surface area contributed by atoms with Crippen LogP contribution in [0, 0.1) is 6.92 Å². The van der Waals surface area contributed by atoms with E-state index in [0.717, 1.165) is 0 Å². The number of benzene rings is 1. The van der Waals surface area contributed by atoms with Crippen molar-refractivity contribution in [2.24, 2.45) is 0 Å². The van der Waals surface area contributed by atoms with Crippen LogP contribution in [0.4, 0.5) is 0 Å². The highest BCUT2D eigenvalue weighted by Gasteiger charge is 2.28. The standard InChI is InChI=1S/C15H23NO/c1-11-7-4-5-8-13(11)12(2)16-14-9-6-10-15(14)17-3/h4-5,7-8,12,14-16H,6,9-10H2,1-3H3. The predicted molar refractivity (Wildman–Crippen MR) is 71.2 cm³/mol. The van der Waals surface area contributed by atoms with Gasteiger partial charge in [-0.05, 0) is 44.2 Å². The van der Waals surface area contributed by atoms with E-state index in [1.165, 1.54) is 30.4 Å². The van der Waals surface area contributed by atoms with Gasteiger partial charge in [-0.25, -0.2) is 0 Å². The third-order valence-electron chi connectivity index (χ3n) is 3.87. The van der Waals surface area contributed by atoms with Crippen molar-refractivity contribution in [3.05, 3.63) is 35.4 Å². The Morgan fingerprint density at radius 1 is 1.29 bits per heavy atom. The number of nitrogens with one attached hydrogen (secondary N) is 1. The molecule has 1 saturated carbocycles. The fraction of sp³-hybridized carbons (Fsp3) is 0.600. The fourth-order valence-electron chi connectivity index (χ4n) is 2.88. The molecule has 2 nitrogen and oxygen atoms in total. The summed E-state index contributed by atoms with van der Waals surface area (Å²) in [5.74, 6) is 0.